The first-order valence-electron chi connectivity index (χ1n) is 7.30. The van der Waals surface area contributed by atoms with E-state index in [-0.39, 0.29) is 12.4 Å². The highest BCUT2D eigenvalue weighted by atomic mass is 79.9. The van der Waals surface area contributed by atoms with Crippen LogP contribution in [0.15, 0.2) is 22.7 Å². The van der Waals surface area contributed by atoms with Crippen molar-refractivity contribution >= 4 is 28.3 Å². The zero-order valence-corrected chi connectivity index (χ0v) is 14.7. The van der Waals surface area contributed by atoms with Gasteiger partial charge in [-0.3, -0.25) is 0 Å². The average Bonchev–Trinajstić information content (AvgIpc) is 2.41. The Morgan fingerprint density at radius 1 is 1.40 bits per heavy atom. The quantitative estimate of drug-likeness (QED) is 0.815. The molecule has 0 aliphatic carbocycles. The van der Waals surface area contributed by atoms with Crippen molar-refractivity contribution < 1.29 is 4.74 Å². The highest BCUT2D eigenvalue weighted by Crippen LogP contribution is 2.29. The van der Waals surface area contributed by atoms with E-state index in [9.17, 15) is 0 Å². The summed E-state index contributed by atoms with van der Waals surface area (Å²) in [6.45, 7) is 7.55. The zero-order chi connectivity index (χ0) is 13.7. The minimum Gasteiger partial charge on any atom is -0.492 e. The lowest BCUT2D eigenvalue weighted by atomic mass is 9.97. The molecule has 1 aliphatic rings. The molecule has 1 aromatic carbocycles. The molecule has 0 bridgehead atoms. The minimum atomic E-state index is 0. The lowest BCUT2D eigenvalue weighted by Crippen LogP contribution is -2.30. The van der Waals surface area contributed by atoms with Crippen LogP contribution < -0.4 is 10.1 Å². The molecule has 0 radical (unpaired) electrons. The summed E-state index contributed by atoms with van der Waals surface area (Å²) in [5, 5.41) is 3.45. The maximum atomic E-state index is 5.90. The van der Waals surface area contributed by atoms with Gasteiger partial charge in [-0.15, -0.1) is 12.4 Å². The van der Waals surface area contributed by atoms with Gasteiger partial charge in [-0.1, -0.05) is 19.9 Å². The highest BCUT2D eigenvalue weighted by Gasteiger charge is 2.13. The predicted octanol–water partition coefficient (Wildman–Crippen LogP) is 4.76. The van der Waals surface area contributed by atoms with Crippen LogP contribution in [0.5, 0.6) is 5.75 Å². The fraction of sp³-hybridized carbons (Fsp3) is 0.625. The van der Waals surface area contributed by atoms with E-state index in [1.807, 2.05) is 0 Å². The van der Waals surface area contributed by atoms with E-state index in [1.54, 1.807) is 0 Å². The summed E-state index contributed by atoms with van der Waals surface area (Å²) in [6.07, 6.45) is 3.78. The Balaban J connectivity index is 0.00000200. The third-order valence-corrected chi connectivity index (χ3v) is 4.42. The third-order valence-electron chi connectivity index (χ3n) is 3.81. The van der Waals surface area contributed by atoms with E-state index < -0.39 is 0 Å². The summed E-state index contributed by atoms with van der Waals surface area (Å²) in [4.78, 5) is 0. The van der Waals surface area contributed by atoms with E-state index >= 15 is 0 Å². The molecule has 114 valence electrons. The van der Waals surface area contributed by atoms with Crippen LogP contribution in [-0.2, 0) is 0 Å². The average molecular weight is 363 g/mol. The Labute approximate surface area is 137 Å². The Bertz CT molecular complexity index is 405. The van der Waals surface area contributed by atoms with Crippen molar-refractivity contribution in [3.63, 3.8) is 0 Å². The molecular weight excluding hydrogens is 338 g/mol. The van der Waals surface area contributed by atoms with Crippen molar-refractivity contribution in [3.05, 3.63) is 28.2 Å². The van der Waals surface area contributed by atoms with E-state index in [0.717, 1.165) is 35.7 Å². The molecule has 20 heavy (non-hydrogen) atoms. The maximum Gasteiger partial charge on any atom is 0.133 e. The molecule has 0 amide bonds. The Kier molecular flexibility index (Phi) is 7.93. The Morgan fingerprint density at radius 2 is 2.20 bits per heavy atom. The molecular formula is C16H25BrClNO. The number of rotatable bonds is 5. The zero-order valence-electron chi connectivity index (χ0n) is 12.3. The van der Waals surface area contributed by atoms with Crippen LogP contribution in [0.4, 0.5) is 0 Å². The molecule has 2 nitrogen and oxygen atoms in total. The van der Waals surface area contributed by atoms with Crippen LogP contribution >= 0.6 is 28.3 Å². The molecule has 1 unspecified atom stereocenters. The van der Waals surface area contributed by atoms with Crippen LogP contribution in [0.25, 0.3) is 0 Å². The first kappa shape index (κ1) is 17.8. The molecule has 1 N–H and O–H groups in total. The normalized spacial score (nSPS) is 18.7. The van der Waals surface area contributed by atoms with Crippen LogP contribution in [0.1, 0.15) is 44.6 Å². The number of nitrogens with one attached hydrogen (secondary N) is 1. The molecule has 0 aromatic heterocycles. The standard InChI is InChI=1S/C16H24BrNO.ClH/c1-12(2)14-5-6-16(15(17)10-14)19-9-7-13-4-3-8-18-11-13;/h5-6,10,12-13,18H,3-4,7-9,11H2,1-2H3;1H. The van der Waals surface area contributed by atoms with Gasteiger partial charge in [0.15, 0.2) is 0 Å². The van der Waals surface area contributed by atoms with Gasteiger partial charge in [0.05, 0.1) is 11.1 Å². The minimum absolute atomic E-state index is 0. The molecule has 2 rings (SSSR count). The Hall–Kier alpha value is -0.250. The summed E-state index contributed by atoms with van der Waals surface area (Å²) in [7, 11) is 0. The molecule has 1 aliphatic heterocycles. The van der Waals surface area contributed by atoms with Crippen molar-refractivity contribution in [2.45, 2.75) is 39.0 Å². The first-order chi connectivity index (χ1) is 9.16. The molecule has 1 atom stereocenters. The summed E-state index contributed by atoms with van der Waals surface area (Å²) >= 11 is 3.60. The summed E-state index contributed by atoms with van der Waals surface area (Å²) in [5.74, 6) is 2.30. The van der Waals surface area contributed by atoms with Gasteiger partial charge in [-0.25, -0.2) is 0 Å². The molecule has 0 saturated carbocycles. The van der Waals surface area contributed by atoms with E-state index in [1.165, 1.54) is 24.9 Å². The molecule has 1 heterocycles. The van der Waals surface area contributed by atoms with Crippen LogP contribution in [0.3, 0.4) is 0 Å². The second-order valence-corrected chi connectivity index (χ2v) is 6.55. The second kappa shape index (κ2) is 8.91. The monoisotopic (exact) mass is 361 g/mol. The van der Waals surface area contributed by atoms with Gasteiger partial charge in [0.1, 0.15) is 5.75 Å². The van der Waals surface area contributed by atoms with E-state index in [4.69, 9.17) is 4.74 Å². The summed E-state index contributed by atoms with van der Waals surface area (Å²) in [6, 6.07) is 6.41. The lowest BCUT2D eigenvalue weighted by molar-refractivity contribution is 0.253. The number of halogens is 2. The lowest BCUT2D eigenvalue weighted by Gasteiger charge is -2.22. The van der Waals surface area contributed by atoms with Crippen LogP contribution in [0, 0.1) is 5.92 Å². The first-order valence-corrected chi connectivity index (χ1v) is 8.09. The van der Waals surface area contributed by atoms with E-state index in [0.29, 0.717) is 5.92 Å². The van der Waals surface area contributed by atoms with Crippen molar-refractivity contribution in [1.82, 2.24) is 5.32 Å². The fourth-order valence-electron chi connectivity index (χ4n) is 2.50. The summed E-state index contributed by atoms with van der Waals surface area (Å²) < 4.78 is 6.97. The van der Waals surface area contributed by atoms with Crippen molar-refractivity contribution in [2.24, 2.45) is 5.92 Å². The van der Waals surface area contributed by atoms with Crippen molar-refractivity contribution in [2.75, 3.05) is 19.7 Å². The number of hydrogen-bond acceptors (Lipinski definition) is 2. The van der Waals surface area contributed by atoms with Gasteiger partial charge in [-0.2, -0.15) is 0 Å². The van der Waals surface area contributed by atoms with Crippen LogP contribution in [0.2, 0.25) is 0 Å². The number of piperidine rings is 1. The van der Waals surface area contributed by atoms with Gasteiger partial charge in [-0.05, 0) is 77.8 Å². The van der Waals surface area contributed by atoms with Crippen molar-refractivity contribution in [1.29, 1.82) is 0 Å². The van der Waals surface area contributed by atoms with Gasteiger partial charge in [0.2, 0.25) is 0 Å². The van der Waals surface area contributed by atoms with Crippen molar-refractivity contribution in [3.8, 4) is 5.75 Å². The number of hydrogen-bond donors (Lipinski definition) is 1. The SMILES string of the molecule is CC(C)c1ccc(OCCC2CCCNC2)c(Br)c1.Cl. The maximum absolute atomic E-state index is 5.90. The molecule has 4 heteroatoms. The number of ether oxygens (including phenoxy) is 1. The molecule has 0 spiro atoms. The van der Waals surface area contributed by atoms with E-state index in [2.05, 4.69) is 53.3 Å². The predicted molar refractivity (Wildman–Crippen MR) is 91.2 cm³/mol. The number of benzene rings is 1. The fourth-order valence-corrected chi connectivity index (χ4v) is 3.01. The highest BCUT2D eigenvalue weighted by molar-refractivity contribution is 9.10. The van der Waals surface area contributed by atoms with Gasteiger partial charge < -0.3 is 10.1 Å². The third kappa shape index (κ3) is 5.27. The largest absolute Gasteiger partial charge is 0.492 e. The Morgan fingerprint density at radius 3 is 2.80 bits per heavy atom. The van der Waals surface area contributed by atoms with Gasteiger partial charge in [0.25, 0.3) is 0 Å². The smallest absolute Gasteiger partial charge is 0.133 e. The van der Waals surface area contributed by atoms with Crippen LogP contribution in [-0.4, -0.2) is 19.7 Å². The molecule has 1 aromatic rings. The topological polar surface area (TPSA) is 21.3 Å². The van der Waals surface area contributed by atoms with Gasteiger partial charge in [0, 0.05) is 0 Å². The second-order valence-electron chi connectivity index (χ2n) is 5.69. The molecule has 1 saturated heterocycles. The molecule has 1 fully saturated rings. The summed E-state index contributed by atoms with van der Waals surface area (Å²) in [5.41, 5.74) is 1.34. The van der Waals surface area contributed by atoms with Gasteiger partial charge >= 0.3 is 0 Å².